The lowest BCUT2D eigenvalue weighted by Gasteiger charge is -1.81. The summed E-state index contributed by atoms with van der Waals surface area (Å²) in [6.45, 7) is 0. The summed E-state index contributed by atoms with van der Waals surface area (Å²) < 4.78 is 0. The van der Waals surface area contributed by atoms with E-state index in [0.717, 1.165) is 4.88 Å². The van der Waals surface area contributed by atoms with Gasteiger partial charge in [-0.05, 0) is 0 Å². The molecule has 1 heterocycles. The minimum atomic E-state index is 0.462. The van der Waals surface area contributed by atoms with E-state index in [4.69, 9.17) is 23.2 Å². The number of halogens is 2. The molecule has 0 aliphatic heterocycles. The first-order valence-corrected chi connectivity index (χ1v) is 3.77. The van der Waals surface area contributed by atoms with E-state index in [2.05, 4.69) is 4.98 Å². The fourth-order valence-corrected chi connectivity index (χ4v) is 1.53. The lowest BCUT2D eigenvalue weighted by molar-refractivity contribution is 1.37. The maximum absolute atomic E-state index is 5.55. The third kappa shape index (κ3) is 1.13. The lowest BCUT2D eigenvalue weighted by Crippen LogP contribution is -1.67. The summed E-state index contributed by atoms with van der Waals surface area (Å²) in [5.74, 6) is 0.462. The topological polar surface area (TPSA) is 12.9 Å². The van der Waals surface area contributed by atoms with Crippen molar-refractivity contribution in [3.8, 4) is 0 Å². The van der Waals surface area contributed by atoms with E-state index in [0.29, 0.717) is 11.0 Å². The maximum Gasteiger partial charge on any atom is 0.144 e. The van der Waals surface area contributed by atoms with Crippen LogP contribution in [0.15, 0.2) is 5.51 Å². The van der Waals surface area contributed by atoms with Gasteiger partial charge >= 0.3 is 0 Å². The van der Waals surface area contributed by atoms with Crippen LogP contribution in [-0.2, 0) is 5.88 Å². The van der Waals surface area contributed by atoms with Crippen LogP contribution in [0.2, 0.25) is 5.15 Å². The van der Waals surface area contributed by atoms with E-state index in [1.165, 1.54) is 11.3 Å². The van der Waals surface area contributed by atoms with Crippen molar-refractivity contribution in [2.75, 3.05) is 0 Å². The number of aromatic nitrogens is 1. The minimum absolute atomic E-state index is 0.462. The van der Waals surface area contributed by atoms with Gasteiger partial charge in [-0.1, -0.05) is 11.6 Å². The molecule has 0 spiro atoms. The first-order chi connectivity index (χ1) is 3.84. The van der Waals surface area contributed by atoms with Gasteiger partial charge in [0.15, 0.2) is 0 Å². The second-order valence-electron chi connectivity index (χ2n) is 1.20. The molecule has 44 valence electrons. The molecule has 1 nitrogen and oxygen atoms in total. The zero-order valence-corrected chi connectivity index (χ0v) is 6.22. The second-order valence-corrected chi connectivity index (χ2v) is 2.76. The van der Waals surface area contributed by atoms with Crippen LogP contribution in [0.3, 0.4) is 0 Å². The lowest BCUT2D eigenvalue weighted by atomic mass is 10.6. The van der Waals surface area contributed by atoms with Crippen molar-refractivity contribution in [2.45, 2.75) is 5.88 Å². The normalized spacial score (nSPS) is 9.75. The van der Waals surface area contributed by atoms with Crippen LogP contribution in [0.4, 0.5) is 0 Å². The molecule has 0 aliphatic carbocycles. The van der Waals surface area contributed by atoms with Gasteiger partial charge in [0.25, 0.3) is 0 Å². The smallest absolute Gasteiger partial charge is 0.144 e. The molecule has 1 aromatic rings. The Kier molecular flexibility index (Phi) is 2.11. The van der Waals surface area contributed by atoms with Crippen LogP contribution < -0.4 is 0 Å². The van der Waals surface area contributed by atoms with Crippen LogP contribution >= 0.6 is 34.5 Å². The molecular formula is C4H3Cl2NS. The van der Waals surface area contributed by atoms with E-state index in [1.54, 1.807) is 5.51 Å². The Morgan fingerprint density at radius 2 is 2.50 bits per heavy atom. The van der Waals surface area contributed by atoms with Gasteiger partial charge in [0, 0.05) is 0 Å². The molecular weight excluding hydrogens is 165 g/mol. The average molecular weight is 168 g/mol. The number of hydrogen-bond acceptors (Lipinski definition) is 2. The van der Waals surface area contributed by atoms with Crippen molar-refractivity contribution < 1.29 is 0 Å². The third-order valence-electron chi connectivity index (χ3n) is 0.712. The zero-order valence-electron chi connectivity index (χ0n) is 3.90. The Bertz CT molecular complexity index is 174. The monoisotopic (exact) mass is 167 g/mol. The molecule has 0 atom stereocenters. The molecule has 0 amide bonds. The summed E-state index contributed by atoms with van der Waals surface area (Å²) in [6.07, 6.45) is 0. The van der Waals surface area contributed by atoms with Crippen molar-refractivity contribution in [3.05, 3.63) is 15.5 Å². The minimum Gasteiger partial charge on any atom is -0.233 e. The molecule has 8 heavy (non-hydrogen) atoms. The van der Waals surface area contributed by atoms with Gasteiger partial charge in [-0.3, -0.25) is 0 Å². The van der Waals surface area contributed by atoms with Gasteiger partial charge in [-0.2, -0.15) is 0 Å². The molecule has 0 saturated heterocycles. The van der Waals surface area contributed by atoms with Gasteiger partial charge in [0.2, 0.25) is 0 Å². The SMILES string of the molecule is ClCc1scnc1Cl. The Hall–Kier alpha value is 0.210. The standard InChI is InChI=1S/C4H3Cl2NS/c5-1-3-4(6)7-2-8-3/h2H,1H2. The van der Waals surface area contributed by atoms with E-state index in [9.17, 15) is 0 Å². The summed E-state index contributed by atoms with van der Waals surface area (Å²) >= 11 is 12.5. The summed E-state index contributed by atoms with van der Waals surface area (Å²) in [6, 6.07) is 0. The molecule has 0 saturated carbocycles. The van der Waals surface area contributed by atoms with E-state index >= 15 is 0 Å². The number of alkyl halides is 1. The van der Waals surface area contributed by atoms with Crippen LogP contribution in [0, 0.1) is 0 Å². The van der Waals surface area contributed by atoms with Gasteiger partial charge in [-0.25, -0.2) is 4.98 Å². The van der Waals surface area contributed by atoms with Crippen LogP contribution in [0.1, 0.15) is 4.88 Å². The molecule has 0 aliphatic rings. The van der Waals surface area contributed by atoms with Gasteiger partial charge in [0.05, 0.1) is 16.3 Å². The summed E-state index contributed by atoms with van der Waals surface area (Å²) in [4.78, 5) is 4.73. The van der Waals surface area contributed by atoms with Crippen molar-refractivity contribution >= 4 is 34.5 Å². The van der Waals surface area contributed by atoms with Crippen molar-refractivity contribution in [1.82, 2.24) is 4.98 Å². The number of thiazole rings is 1. The van der Waals surface area contributed by atoms with Gasteiger partial charge < -0.3 is 0 Å². The Morgan fingerprint density at radius 1 is 1.75 bits per heavy atom. The van der Waals surface area contributed by atoms with Crippen LogP contribution in [0.5, 0.6) is 0 Å². The highest BCUT2D eigenvalue weighted by Gasteiger charge is 1.98. The molecule has 0 aromatic carbocycles. The summed E-state index contributed by atoms with van der Waals surface area (Å²) in [5.41, 5.74) is 1.68. The van der Waals surface area contributed by atoms with Gasteiger partial charge in [0.1, 0.15) is 5.15 Å². The van der Waals surface area contributed by atoms with Crippen LogP contribution in [-0.4, -0.2) is 4.98 Å². The van der Waals surface area contributed by atoms with Crippen molar-refractivity contribution in [1.29, 1.82) is 0 Å². The Balaban J connectivity index is 2.92. The van der Waals surface area contributed by atoms with E-state index in [1.807, 2.05) is 0 Å². The summed E-state index contributed by atoms with van der Waals surface area (Å²) in [5, 5.41) is 0.532. The van der Waals surface area contributed by atoms with Crippen molar-refractivity contribution in [2.24, 2.45) is 0 Å². The molecule has 0 unspecified atom stereocenters. The highest BCUT2D eigenvalue weighted by molar-refractivity contribution is 7.10. The van der Waals surface area contributed by atoms with E-state index < -0.39 is 0 Å². The molecule has 4 heteroatoms. The van der Waals surface area contributed by atoms with Crippen LogP contribution in [0.25, 0.3) is 0 Å². The molecule has 1 rings (SSSR count). The zero-order chi connectivity index (χ0) is 5.98. The largest absolute Gasteiger partial charge is 0.233 e. The fraction of sp³-hybridized carbons (Fsp3) is 0.250. The first-order valence-electron chi connectivity index (χ1n) is 1.98. The Morgan fingerprint density at radius 3 is 2.75 bits per heavy atom. The molecule has 0 fully saturated rings. The quantitative estimate of drug-likeness (QED) is 0.587. The molecule has 0 N–H and O–H groups in total. The third-order valence-corrected chi connectivity index (χ3v) is 2.41. The molecule has 1 aromatic heterocycles. The average Bonchev–Trinajstić information content (AvgIpc) is 2.14. The highest BCUT2D eigenvalue weighted by atomic mass is 35.5. The fourth-order valence-electron chi connectivity index (χ4n) is 0.343. The van der Waals surface area contributed by atoms with E-state index in [-0.39, 0.29) is 0 Å². The summed E-state index contributed by atoms with van der Waals surface area (Å²) in [7, 11) is 0. The Labute approximate surface area is 61.3 Å². The predicted octanol–water partition coefficient (Wildman–Crippen LogP) is 2.54. The molecule has 0 radical (unpaired) electrons. The van der Waals surface area contributed by atoms with Crippen molar-refractivity contribution in [3.63, 3.8) is 0 Å². The number of nitrogens with zero attached hydrogens (tertiary/aromatic N) is 1. The first kappa shape index (κ1) is 6.33. The maximum atomic E-state index is 5.55. The van der Waals surface area contributed by atoms with Gasteiger partial charge in [-0.15, -0.1) is 22.9 Å². The highest BCUT2D eigenvalue weighted by Crippen LogP contribution is 2.19. The molecule has 0 bridgehead atoms. The number of hydrogen-bond donors (Lipinski definition) is 0. The predicted molar refractivity (Wildman–Crippen MR) is 36.7 cm³/mol. The number of rotatable bonds is 1. The second kappa shape index (κ2) is 2.67.